The predicted octanol–water partition coefficient (Wildman–Crippen LogP) is 4.03. The van der Waals surface area contributed by atoms with Crippen molar-refractivity contribution in [3.05, 3.63) is 70.2 Å². The number of carbonyl (C=O) groups is 2. The predicted molar refractivity (Wildman–Crippen MR) is 127 cm³/mol. The van der Waals surface area contributed by atoms with Crippen molar-refractivity contribution in [3.63, 3.8) is 0 Å². The van der Waals surface area contributed by atoms with Gasteiger partial charge in [-0.2, -0.15) is 0 Å². The third-order valence-corrected chi connectivity index (χ3v) is 7.00. The summed E-state index contributed by atoms with van der Waals surface area (Å²) in [6, 6.07) is 16.7. The molecular weight excluding hydrogens is 420 g/mol. The molecule has 1 atom stereocenters. The van der Waals surface area contributed by atoms with E-state index < -0.39 is 5.41 Å². The summed E-state index contributed by atoms with van der Waals surface area (Å²) in [5.41, 5.74) is 4.56. The number of nitrogens with zero attached hydrogens (tertiary/aromatic N) is 3. The van der Waals surface area contributed by atoms with Crippen LogP contribution >= 0.6 is 11.5 Å². The van der Waals surface area contributed by atoms with Crippen molar-refractivity contribution in [1.82, 2.24) is 19.8 Å². The third-order valence-electron chi connectivity index (χ3n) is 6.18. The number of aromatic nitrogens is 2. The monoisotopic (exact) mass is 448 g/mol. The Kier molecular flexibility index (Phi) is 6.37. The van der Waals surface area contributed by atoms with Crippen LogP contribution in [0, 0.1) is 19.3 Å². The molecule has 1 aliphatic heterocycles. The molecule has 1 aliphatic rings. The van der Waals surface area contributed by atoms with E-state index in [0.29, 0.717) is 43.0 Å². The first-order valence-corrected chi connectivity index (χ1v) is 11.7. The van der Waals surface area contributed by atoms with E-state index in [2.05, 4.69) is 58.2 Å². The fourth-order valence-corrected chi connectivity index (χ4v) is 5.13. The van der Waals surface area contributed by atoms with Crippen LogP contribution < -0.4 is 5.32 Å². The number of likely N-dealkylation sites (tertiary alicyclic amines) is 1. The molecule has 1 saturated heterocycles. The van der Waals surface area contributed by atoms with Gasteiger partial charge in [-0.05, 0) is 61.8 Å². The van der Waals surface area contributed by atoms with Crippen LogP contribution in [0.15, 0.2) is 48.5 Å². The summed E-state index contributed by atoms with van der Waals surface area (Å²) in [7, 11) is 0. The second kappa shape index (κ2) is 9.20. The Bertz CT molecular complexity index is 1140. The largest absolute Gasteiger partial charge is 0.356 e. The molecule has 1 fully saturated rings. The molecule has 1 N–H and O–H groups in total. The maximum atomic E-state index is 13.3. The topological polar surface area (TPSA) is 75.2 Å². The fourth-order valence-electron chi connectivity index (χ4n) is 4.51. The Hall–Kier alpha value is -3.06. The van der Waals surface area contributed by atoms with Crippen molar-refractivity contribution in [2.24, 2.45) is 5.41 Å². The lowest BCUT2D eigenvalue weighted by Gasteiger charge is -2.29. The van der Waals surface area contributed by atoms with Gasteiger partial charge >= 0.3 is 0 Å². The molecule has 0 spiro atoms. The lowest BCUT2D eigenvalue weighted by Crippen LogP contribution is -2.45. The van der Waals surface area contributed by atoms with Gasteiger partial charge in [0.25, 0.3) is 5.91 Å². The summed E-state index contributed by atoms with van der Waals surface area (Å²) in [5.74, 6) is -0.0795. The summed E-state index contributed by atoms with van der Waals surface area (Å²) in [6.07, 6.45) is 1.20. The van der Waals surface area contributed by atoms with Crippen LogP contribution in [-0.2, 0) is 11.2 Å². The maximum Gasteiger partial charge on any atom is 0.267 e. The minimum Gasteiger partial charge on any atom is -0.356 e. The van der Waals surface area contributed by atoms with Gasteiger partial charge < -0.3 is 10.2 Å². The zero-order chi connectivity index (χ0) is 22.7. The Morgan fingerprint density at radius 2 is 1.97 bits per heavy atom. The number of aryl methyl sites for hydroxylation is 2. The number of hydrogen-bond donors (Lipinski definition) is 1. The molecule has 2 amide bonds. The van der Waals surface area contributed by atoms with Crippen molar-refractivity contribution in [3.8, 4) is 11.1 Å². The molecule has 2 aromatic carbocycles. The highest BCUT2D eigenvalue weighted by Crippen LogP contribution is 2.38. The fraction of sp³-hybridized carbons (Fsp3) is 0.360. The smallest absolute Gasteiger partial charge is 0.267 e. The van der Waals surface area contributed by atoms with Gasteiger partial charge in [-0.25, -0.2) is 0 Å². The van der Waals surface area contributed by atoms with Crippen LogP contribution in [0.25, 0.3) is 11.1 Å². The van der Waals surface area contributed by atoms with Crippen molar-refractivity contribution < 1.29 is 9.59 Å². The summed E-state index contributed by atoms with van der Waals surface area (Å²) in [5, 5.41) is 7.00. The van der Waals surface area contributed by atoms with Crippen LogP contribution in [0.2, 0.25) is 0 Å². The van der Waals surface area contributed by atoms with E-state index in [1.54, 1.807) is 11.8 Å². The number of rotatable bonds is 6. The number of amides is 2. The first kappa shape index (κ1) is 22.1. The van der Waals surface area contributed by atoms with Crippen LogP contribution in [0.3, 0.4) is 0 Å². The highest BCUT2D eigenvalue weighted by molar-refractivity contribution is 7.07. The van der Waals surface area contributed by atoms with Crippen molar-refractivity contribution in [2.75, 3.05) is 19.6 Å². The lowest BCUT2D eigenvalue weighted by molar-refractivity contribution is -0.130. The molecule has 2 heterocycles. The standard InChI is InChI=1S/C25H28N4O2S/c1-4-26-24(31)25(12-13-29(16-25)23(30)22-18(3)27-28-32-22)15-20-9-5-6-11-21(20)19-10-7-8-17(2)14-19/h5-11,14H,4,12-13,15-16H2,1-3H3,(H,26,31). The Morgan fingerprint density at radius 1 is 1.16 bits per heavy atom. The van der Waals surface area contributed by atoms with E-state index in [0.717, 1.165) is 28.2 Å². The van der Waals surface area contributed by atoms with Crippen LogP contribution in [0.5, 0.6) is 0 Å². The van der Waals surface area contributed by atoms with Gasteiger partial charge in [-0.15, -0.1) is 5.10 Å². The van der Waals surface area contributed by atoms with E-state index in [1.807, 2.05) is 19.1 Å². The molecule has 1 aromatic heterocycles. The molecule has 0 bridgehead atoms. The van der Waals surface area contributed by atoms with E-state index in [9.17, 15) is 9.59 Å². The quantitative estimate of drug-likeness (QED) is 0.618. The van der Waals surface area contributed by atoms with Crippen LogP contribution in [-0.4, -0.2) is 45.9 Å². The molecule has 4 rings (SSSR count). The summed E-state index contributed by atoms with van der Waals surface area (Å²) in [6.45, 7) is 7.29. The highest BCUT2D eigenvalue weighted by atomic mass is 32.1. The zero-order valence-corrected chi connectivity index (χ0v) is 19.5. The van der Waals surface area contributed by atoms with E-state index in [1.165, 1.54) is 5.56 Å². The molecule has 7 heteroatoms. The van der Waals surface area contributed by atoms with Crippen molar-refractivity contribution in [2.45, 2.75) is 33.6 Å². The average Bonchev–Trinajstić information content (AvgIpc) is 3.41. The molecule has 0 radical (unpaired) electrons. The third kappa shape index (κ3) is 4.30. The van der Waals surface area contributed by atoms with Gasteiger partial charge in [0.1, 0.15) is 4.88 Å². The van der Waals surface area contributed by atoms with Gasteiger partial charge in [0, 0.05) is 19.6 Å². The summed E-state index contributed by atoms with van der Waals surface area (Å²) in [4.78, 5) is 28.8. The van der Waals surface area contributed by atoms with E-state index >= 15 is 0 Å². The Labute approximate surface area is 192 Å². The van der Waals surface area contributed by atoms with Gasteiger partial charge in [-0.1, -0.05) is 58.6 Å². The number of benzene rings is 2. The molecule has 1 unspecified atom stereocenters. The minimum absolute atomic E-state index is 0.00787. The van der Waals surface area contributed by atoms with Crippen LogP contribution in [0.4, 0.5) is 0 Å². The molecule has 0 aliphatic carbocycles. The van der Waals surface area contributed by atoms with Gasteiger partial charge in [0.05, 0.1) is 11.1 Å². The number of hydrogen-bond acceptors (Lipinski definition) is 5. The highest BCUT2D eigenvalue weighted by Gasteiger charge is 2.46. The molecular formula is C25H28N4O2S. The number of nitrogens with one attached hydrogen (secondary N) is 1. The summed E-state index contributed by atoms with van der Waals surface area (Å²) >= 11 is 1.12. The van der Waals surface area contributed by atoms with Gasteiger partial charge in [0.2, 0.25) is 5.91 Å². The Morgan fingerprint density at radius 3 is 2.69 bits per heavy atom. The van der Waals surface area contributed by atoms with Gasteiger partial charge in [-0.3, -0.25) is 9.59 Å². The number of carbonyl (C=O) groups excluding carboxylic acids is 2. The minimum atomic E-state index is -0.669. The Balaban J connectivity index is 1.67. The van der Waals surface area contributed by atoms with Gasteiger partial charge in [0.15, 0.2) is 0 Å². The second-order valence-electron chi connectivity index (χ2n) is 8.51. The molecule has 32 heavy (non-hydrogen) atoms. The second-order valence-corrected chi connectivity index (χ2v) is 9.26. The summed E-state index contributed by atoms with van der Waals surface area (Å²) < 4.78 is 3.90. The average molecular weight is 449 g/mol. The molecule has 3 aromatic rings. The maximum absolute atomic E-state index is 13.3. The van der Waals surface area contributed by atoms with Crippen LogP contribution in [0.1, 0.15) is 39.8 Å². The first-order valence-electron chi connectivity index (χ1n) is 10.9. The molecule has 0 saturated carbocycles. The van der Waals surface area contributed by atoms with Crippen molar-refractivity contribution >= 4 is 23.3 Å². The SMILES string of the molecule is CCNC(=O)C1(Cc2ccccc2-c2cccc(C)c2)CCN(C(=O)c2snnc2C)C1. The van der Waals surface area contributed by atoms with E-state index in [-0.39, 0.29) is 11.8 Å². The lowest BCUT2D eigenvalue weighted by atomic mass is 9.78. The molecule has 6 nitrogen and oxygen atoms in total. The zero-order valence-electron chi connectivity index (χ0n) is 18.7. The normalized spacial score (nSPS) is 18.0. The first-order chi connectivity index (χ1) is 15.4. The molecule has 166 valence electrons. The van der Waals surface area contributed by atoms with Crippen molar-refractivity contribution in [1.29, 1.82) is 0 Å². The van der Waals surface area contributed by atoms with E-state index in [4.69, 9.17) is 0 Å².